The predicted molar refractivity (Wildman–Crippen MR) is 87.6 cm³/mol. The average molecular weight is 344 g/mol. The van der Waals surface area contributed by atoms with Gasteiger partial charge in [-0.1, -0.05) is 43.6 Å². The summed E-state index contributed by atoms with van der Waals surface area (Å²) >= 11 is 3.58. The lowest BCUT2D eigenvalue weighted by molar-refractivity contribution is 0.252. The molecule has 114 valence electrons. The van der Waals surface area contributed by atoms with E-state index >= 15 is 0 Å². The Bertz CT molecular complexity index is 441. The van der Waals surface area contributed by atoms with Crippen LogP contribution in [0, 0.1) is 11.3 Å². The molecule has 1 atom stereocenters. The van der Waals surface area contributed by atoms with Crippen molar-refractivity contribution in [1.29, 1.82) is 0 Å². The van der Waals surface area contributed by atoms with Gasteiger partial charge in [-0.3, -0.25) is 0 Å². The van der Waals surface area contributed by atoms with Gasteiger partial charge in [0.25, 0.3) is 0 Å². The summed E-state index contributed by atoms with van der Waals surface area (Å²) < 4.78 is 11.7. The molecule has 1 N–H and O–H groups in total. The smallest absolute Gasteiger partial charge is 0.161 e. The van der Waals surface area contributed by atoms with E-state index in [4.69, 9.17) is 9.47 Å². The van der Waals surface area contributed by atoms with Gasteiger partial charge < -0.3 is 14.8 Å². The molecule has 4 heteroatoms. The molecule has 1 aromatic rings. The Balaban J connectivity index is 2.69. The molecule has 1 rings (SSSR count). The molecule has 0 fully saturated rings. The second-order valence-electron chi connectivity index (χ2n) is 6.20. The van der Waals surface area contributed by atoms with E-state index in [2.05, 4.69) is 48.9 Å². The molecule has 3 nitrogen and oxygen atoms in total. The molecule has 0 spiro atoms. The van der Waals surface area contributed by atoms with E-state index in [1.165, 1.54) is 5.56 Å². The second-order valence-corrected chi connectivity index (χ2v) is 7.05. The van der Waals surface area contributed by atoms with Crippen LogP contribution in [0.15, 0.2) is 16.6 Å². The Hall–Kier alpha value is -0.740. The van der Waals surface area contributed by atoms with Gasteiger partial charge in [-0.2, -0.15) is 0 Å². The van der Waals surface area contributed by atoms with E-state index in [1.54, 1.807) is 14.2 Å². The third-order valence-corrected chi connectivity index (χ3v) is 4.54. The molecule has 0 aliphatic carbocycles. The SMILES string of the molecule is COc1cc(Br)c(CNCC(C)C(C)(C)C)cc1OC. The first-order chi connectivity index (χ1) is 9.29. The van der Waals surface area contributed by atoms with Crippen LogP contribution in [0.2, 0.25) is 0 Å². The van der Waals surface area contributed by atoms with Gasteiger partial charge in [-0.05, 0) is 35.6 Å². The maximum atomic E-state index is 5.34. The number of hydrogen-bond acceptors (Lipinski definition) is 3. The molecule has 0 saturated carbocycles. The molecule has 0 radical (unpaired) electrons. The van der Waals surface area contributed by atoms with Crippen molar-refractivity contribution in [3.63, 3.8) is 0 Å². The van der Waals surface area contributed by atoms with Crippen LogP contribution in [0.3, 0.4) is 0 Å². The third kappa shape index (κ3) is 4.67. The minimum atomic E-state index is 0.321. The molecule has 1 unspecified atom stereocenters. The van der Waals surface area contributed by atoms with Crippen LogP contribution in [0.1, 0.15) is 33.3 Å². The fourth-order valence-electron chi connectivity index (χ4n) is 1.76. The van der Waals surface area contributed by atoms with Crippen molar-refractivity contribution in [1.82, 2.24) is 5.32 Å². The molecule has 0 heterocycles. The van der Waals surface area contributed by atoms with Gasteiger partial charge in [0.05, 0.1) is 14.2 Å². The van der Waals surface area contributed by atoms with Crippen LogP contribution in [-0.4, -0.2) is 20.8 Å². The van der Waals surface area contributed by atoms with Crippen molar-refractivity contribution in [3.05, 3.63) is 22.2 Å². The van der Waals surface area contributed by atoms with Crippen molar-refractivity contribution in [2.75, 3.05) is 20.8 Å². The fourth-order valence-corrected chi connectivity index (χ4v) is 2.22. The van der Waals surface area contributed by atoms with Gasteiger partial charge in [0.1, 0.15) is 0 Å². The van der Waals surface area contributed by atoms with Crippen LogP contribution < -0.4 is 14.8 Å². The van der Waals surface area contributed by atoms with Crippen molar-refractivity contribution >= 4 is 15.9 Å². The zero-order valence-corrected chi connectivity index (χ0v) is 14.9. The lowest BCUT2D eigenvalue weighted by Crippen LogP contribution is -2.29. The summed E-state index contributed by atoms with van der Waals surface area (Å²) in [5, 5.41) is 3.51. The van der Waals surface area contributed by atoms with E-state index in [9.17, 15) is 0 Å². The molecule has 1 aromatic carbocycles. The minimum absolute atomic E-state index is 0.321. The maximum Gasteiger partial charge on any atom is 0.161 e. The predicted octanol–water partition coefficient (Wildman–Crippen LogP) is 4.24. The second kappa shape index (κ2) is 7.32. The summed E-state index contributed by atoms with van der Waals surface area (Å²) in [5.41, 5.74) is 1.49. The number of nitrogens with one attached hydrogen (secondary N) is 1. The van der Waals surface area contributed by atoms with Gasteiger partial charge >= 0.3 is 0 Å². The van der Waals surface area contributed by atoms with Gasteiger partial charge in [0.15, 0.2) is 11.5 Å². The normalized spacial score (nSPS) is 13.2. The minimum Gasteiger partial charge on any atom is -0.493 e. The largest absolute Gasteiger partial charge is 0.493 e. The summed E-state index contributed by atoms with van der Waals surface area (Å²) in [6, 6.07) is 3.96. The molecule has 0 saturated heterocycles. The molecule has 0 aliphatic rings. The van der Waals surface area contributed by atoms with Gasteiger partial charge in [-0.25, -0.2) is 0 Å². The van der Waals surface area contributed by atoms with E-state index in [0.29, 0.717) is 11.3 Å². The number of rotatable bonds is 6. The number of ether oxygens (including phenoxy) is 2. The Morgan fingerprint density at radius 1 is 1.15 bits per heavy atom. The van der Waals surface area contributed by atoms with Gasteiger partial charge in [0, 0.05) is 11.0 Å². The molecule has 0 aliphatic heterocycles. The number of halogens is 1. The first kappa shape index (κ1) is 17.3. The quantitative estimate of drug-likeness (QED) is 0.837. The van der Waals surface area contributed by atoms with Crippen LogP contribution in [0.4, 0.5) is 0 Å². The van der Waals surface area contributed by atoms with Gasteiger partial charge in [0.2, 0.25) is 0 Å². The topological polar surface area (TPSA) is 30.5 Å². The van der Waals surface area contributed by atoms with Crippen molar-refractivity contribution in [2.45, 2.75) is 34.2 Å². The lowest BCUT2D eigenvalue weighted by atomic mass is 9.82. The van der Waals surface area contributed by atoms with E-state index in [-0.39, 0.29) is 0 Å². The van der Waals surface area contributed by atoms with Crippen LogP contribution >= 0.6 is 15.9 Å². The summed E-state index contributed by atoms with van der Waals surface area (Å²) in [4.78, 5) is 0. The maximum absolute atomic E-state index is 5.34. The van der Waals surface area contributed by atoms with Crippen molar-refractivity contribution in [3.8, 4) is 11.5 Å². The highest BCUT2D eigenvalue weighted by Crippen LogP contribution is 2.33. The molecular weight excluding hydrogens is 318 g/mol. The highest BCUT2D eigenvalue weighted by molar-refractivity contribution is 9.10. The van der Waals surface area contributed by atoms with Crippen molar-refractivity contribution < 1.29 is 9.47 Å². The summed E-state index contributed by atoms with van der Waals surface area (Å²) in [6.07, 6.45) is 0. The highest BCUT2D eigenvalue weighted by Gasteiger charge is 2.19. The number of hydrogen-bond donors (Lipinski definition) is 1. The lowest BCUT2D eigenvalue weighted by Gasteiger charge is -2.27. The Labute approximate surface area is 131 Å². The van der Waals surface area contributed by atoms with Crippen LogP contribution in [-0.2, 0) is 6.54 Å². The molecular formula is C16H26BrNO2. The van der Waals surface area contributed by atoms with E-state index in [1.807, 2.05) is 12.1 Å². The summed E-state index contributed by atoms with van der Waals surface area (Å²) in [7, 11) is 3.30. The standard InChI is InChI=1S/C16H26BrNO2/c1-11(16(2,3)4)9-18-10-12-7-14(19-5)15(20-6)8-13(12)17/h7-8,11,18H,9-10H2,1-6H3. The monoisotopic (exact) mass is 343 g/mol. The summed E-state index contributed by atoms with van der Waals surface area (Å²) in [5.74, 6) is 2.11. The highest BCUT2D eigenvalue weighted by atomic mass is 79.9. The van der Waals surface area contributed by atoms with Crippen LogP contribution in [0.5, 0.6) is 11.5 Å². The number of methoxy groups -OCH3 is 2. The first-order valence-corrected chi connectivity index (χ1v) is 7.70. The zero-order chi connectivity index (χ0) is 15.3. The van der Waals surface area contributed by atoms with E-state index in [0.717, 1.165) is 29.1 Å². The van der Waals surface area contributed by atoms with Gasteiger partial charge in [-0.15, -0.1) is 0 Å². The van der Waals surface area contributed by atoms with Crippen LogP contribution in [0.25, 0.3) is 0 Å². The third-order valence-electron chi connectivity index (χ3n) is 3.80. The fraction of sp³-hybridized carbons (Fsp3) is 0.625. The molecule has 0 bridgehead atoms. The Morgan fingerprint density at radius 3 is 2.20 bits per heavy atom. The van der Waals surface area contributed by atoms with E-state index < -0.39 is 0 Å². The molecule has 0 amide bonds. The average Bonchev–Trinajstić information content (AvgIpc) is 2.38. The number of benzene rings is 1. The Morgan fingerprint density at radius 2 is 1.70 bits per heavy atom. The molecule has 0 aromatic heterocycles. The van der Waals surface area contributed by atoms with Crippen molar-refractivity contribution in [2.24, 2.45) is 11.3 Å². The Kier molecular flexibility index (Phi) is 6.34. The first-order valence-electron chi connectivity index (χ1n) is 6.90. The zero-order valence-electron chi connectivity index (χ0n) is 13.3. The molecule has 20 heavy (non-hydrogen) atoms. The summed E-state index contributed by atoms with van der Waals surface area (Å²) in [6.45, 7) is 10.9.